The monoisotopic (exact) mass is 392 g/mol. The van der Waals surface area contributed by atoms with Crippen molar-refractivity contribution < 1.29 is 28.5 Å². The Labute approximate surface area is 151 Å². The Hall–Kier alpha value is -0.660. The molecule has 0 aromatic carbocycles. The highest BCUT2D eigenvalue weighted by molar-refractivity contribution is 7.72. The Morgan fingerprint density at radius 3 is 2.24 bits per heavy atom. The van der Waals surface area contributed by atoms with E-state index >= 15 is 0 Å². The zero-order valence-electron chi connectivity index (χ0n) is 15.3. The summed E-state index contributed by atoms with van der Waals surface area (Å²) in [6.45, 7) is 6.46. The molecule has 8 heteroatoms. The molecule has 0 aliphatic heterocycles. The minimum atomic E-state index is -4.51. The summed E-state index contributed by atoms with van der Waals surface area (Å²) in [7, 11) is -8.46. The number of allylic oxidation sites excluding steroid dienone is 4. The highest BCUT2D eigenvalue weighted by Gasteiger charge is 2.29. The van der Waals surface area contributed by atoms with Crippen molar-refractivity contribution in [1.82, 2.24) is 0 Å². The van der Waals surface area contributed by atoms with Gasteiger partial charge in [-0.3, -0.25) is 9.13 Å². The number of hydrogen-bond donors (Lipinski definition) is 3. The predicted octanol–water partition coefficient (Wildman–Crippen LogP) is 4.23. The second-order valence-electron chi connectivity index (χ2n) is 6.20. The predicted molar refractivity (Wildman–Crippen MR) is 102 cm³/mol. The zero-order valence-corrected chi connectivity index (χ0v) is 17.1. The van der Waals surface area contributed by atoms with Gasteiger partial charge in [0.05, 0.1) is 6.61 Å². The van der Waals surface area contributed by atoms with Crippen LogP contribution in [-0.4, -0.2) is 33.5 Å². The van der Waals surface area contributed by atoms with Crippen molar-refractivity contribution in [2.24, 2.45) is 0 Å². The standard InChI is InChI=1S/C17H30O6P2/c1-16(2)10-9-12-17(3)11-7-5-4-6-8-13-23-14-24(18,19)15-25(20,21)22/h10-11H,5,7-9,12-15H2,1-3H3,(H,18,19)(H2,20,21,22). The van der Waals surface area contributed by atoms with E-state index in [4.69, 9.17) is 14.5 Å². The summed E-state index contributed by atoms with van der Waals surface area (Å²) < 4.78 is 27.1. The van der Waals surface area contributed by atoms with Crippen molar-refractivity contribution in [2.75, 3.05) is 18.9 Å². The number of unbranched alkanes of at least 4 members (excludes halogenated alkanes) is 1. The molecule has 144 valence electrons. The van der Waals surface area contributed by atoms with Gasteiger partial charge < -0.3 is 19.4 Å². The molecule has 1 atom stereocenters. The maximum atomic E-state index is 11.5. The number of hydrogen-bond acceptors (Lipinski definition) is 3. The minimum absolute atomic E-state index is 0.163. The van der Waals surface area contributed by atoms with E-state index in [2.05, 4.69) is 44.8 Å². The van der Waals surface area contributed by atoms with Gasteiger partial charge in [0.15, 0.2) is 0 Å². The van der Waals surface area contributed by atoms with Crippen molar-refractivity contribution >= 4 is 15.0 Å². The fourth-order valence-electron chi connectivity index (χ4n) is 1.92. The molecule has 0 aliphatic carbocycles. The van der Waals surface area contributed by atoms with E-state index in [1.54, 1.807) is 0 Å². The molecule has 0 spiro atoms. The van der Waals surface area contributed by atoms with Crippen LogP contribution in [0.4, 0.5) is 0 Å². The molecule has 0 fully saturated rings. The maximum absolute atomic E-state index is 11.5. The van der Waals surface area contributed by atoms with Gasteiger partial charge in [0.25, 0.3) is 0 Å². The lowest BCUT2D eigenvalue weighted by molar-refractivity contribution is 0.175. The van der Waals surface area contributed by atoms with Crippen molar-refractivity contribution in [3.05, 3.63) is 23.3 Å². The maximum Gasteiger partial charge on any atom is 0.335 e. The summed E-state index contributed by atoms with van der Waals surface area (Å²) in [6, 6.07) is 0. The average molecular weight is 392 g/mol. The van der Waals surface area contributed by atoms with Gasteiger partial charge in [0, 0.05) is 12.8 Å². The normalized spacial score (nSPS) is 14.4. The van der Waals surface area contributed by atoms with Crippen molar-refractivity contribution in [1.29, 1.82) is 0 Å². The molecule has 3 N–H and O–H groups in total. The summed E-state index contributed by atoms with van der Waals surface area (Å²) in [6.07, 6.45) is 8.02. The molecule has 0 aromatic rings. The van der Waals surface area contributed by atoms with Crippen LogP contribution in [0, 0.1) is 11.8 Å². The van der Waals surface area contributed by atoms with Gasteiger partial charge in [-0.25, -0.2) is 0 Å². The van der Waals surface area contributed by atoms with Crippen molar-refractivity contribution in [3.63, 3.8) is 0 Å². The van der Waals surface area contributed by atoms with E-state index in [1.165, 1.54) is 11.1 Å². The molecule has 0 saturated carbocycles. The third-order valence-electron chi connectivity index (χ3n) is 3.05. The van der Waals surface area contributed by atoms with Crippen LogP contribution in [0.3, 0.4) is 0 Å². The second-order valence-corrected chi connectivity index (χ2v) is 10.6. The summed E-state index contributed by atoms with van der Waals surface area (Å²) in [5, 5.41) is 0. The van der Waals surface area contributed by atoms with Crippen LogP contribution < -0.4 is 0 Å². The van der Waals surface area contributed by atoms with Crippen molar-refractivity contribution in [2.45, 2.75) is 52.9 Å². The first-order valence-electron chi connectivity index (χ1n) is 8.20. The molecule has 0 aromatic heterocycles. The van der Waals surface area contributed by atoms with E-state index < -0.39 is 27.2 Å². The first-order chi connectivity index (χ1) is 11.5. The minimum Gasteiger partial charge on any atom is -0.370 e. The van der Waals surface area contributed by atoms with Crippen LogP contribution in [0.2, 0.25) is 0 Å². The van der Waals surface area contributed by atoms with Crippen LogP contribution in [0.1, 0.15) is 52.9 Å². The van der Waals surface area contributed by atoms with Crippen LogP contribution in [-0.2, 0) is 13.9 Å². The Balaban J connectivity index is 3.84. The first-order valence-corrected chi connectivity index (χ1v) is 12.0. The molecule has 0 bridgehead atoms. The lowest BCUT2D eigenvalue weighted by atomic mass is 10.1. The quantitative estimate of drug-likeness (QED) is 0.210. The van der Waals surface area contributed by atoms with Gasteiger partial charge in [-0.15, -0.1) is 11.8 Å². The molecule has 0 heterocycles. The SMILES string of the molecule is CC(C)=CCCC(C)=CCCC#CCCOCP(=O)(O)CP(=O)(O)O. The Morgan fingerprint density at radius 2 is 1.64 bits per heavy atom. The van der Waals surface area contributed by atoms with Gasteiger partial charge in [-0.2, -0.15) is 0 Å². The largest absolute Gasteiger partial charge is 0.370 e. The molecule has 0 rings (SSSR count). The summed E-state index contributed by atoms with van der Waals surface area (Å²) in [4.78, 5) is 26.7. The molecule has 0 radical (unpaired) electrons. The van der Waals surface area contributed by atoms with Gasteiger partial charge in [-0.1, -0.05) is 23.3 Å². The summed E-state index contributed by atoms with van der Waals surface area (Å²) in [5.41, 5.74) is 2.69. The van der Waals surface area contributed by atoms with E-state index in [9.17, 15) is 14.0 Å². The van der Waals surface area contributed by atoms with Crippen molar-refractivity contribution in [3.8, 4) is 11.8 Å². The summed E-state index contributed by atoms with van der Waals surface area (Å²) >= 11 is 0. The molecule has 0 aliphatic rings. The number of ether oxygens (including phenoxy) is 1. The lowest BCUT2D eigenvalue weighted by Gasteiger charge is -2.12. The topological polar surface area (TPSA) is 104 Å². The first kappa shape index (κ1) is 24.3. The summed E-state index contributed by atoms with van der Waals surface area (Å²) in [5.74, 6) is 4.87. The third-order valence-corrected chi connectivity index (χ3v) is 6.88. The second kappa shape index (κ2) is 12.7. The molecule has 1 unspecified atom stereocenters. The molecule has 0 amide bonds. The molecule has 6 nitrogen and oxygen atoms in total. The fourth-order valence-corrected chi connectivity index (χ4v) is 4.96. The molecular weight excluding hydrogens is 362 g/mol. The van der Waals surface area contributed by atoms with Crippen LogP contribution in [0.5, 0.6) is 0 Å². The van der Waals surface area contributed by atoms with Crippen LogP contribution in [0.15, 0.2) is 23.3 Å². The average Bonchev–Trinajstić information content (AvgIpc) is 2.42. The van der Waals surface area contributed by atoms with Gasteiger partial charge in [0.1, 0.15) is 12.3 Å². The fraction of sp³-hybridized carbons (Fsp3) is 0.647. The molecular formula is C17H30O6P2. The Bertz CT molecular complexity index is 602. The highest BCUT2D eigenvalue weighted by Crippen LogP contribution is 2.54. The molecule has 25 heavy (non-hydrogen) atoms. The van der Waals surface area contributed by atoms with Crippen LogP contribution >= 0.6 is 15.0 Å². The highest BCUT2D eigenvalue weighted by atomic mass is 31.2. The van der Waals surface area contributed by atoms with E-state index in [0.29, 0.717) is 6.42 Å². The van der Waals surface area contributed by atoms with E-state index in [0.717, 1.165) is 25.7 Å². The Kier molecular flexibility index (Phi) is 12.3. The van der Waals surface area contributed by atoms with Gasteiger partial charge >= 0.3 is 7.60 Å². The third kappa shape index (κ3) is 17.9. The lowest BCUT2D eigenvalue weighted by Crippen LogP contribution is -2.01. The zero-order chi connectivity index (χ0) is 19.3. The van der Waals surface area contributed by atoms with Crippen LogP contribution in [0.25, 0.3) is 0 Å². The molecule has 0 saturated heterocycles. The smallest absolute Gasteiger partial charge is 0.335 e. The number of rotatable bonds is 11. The van der Waals surface area contributed by atoms with E-state index in [1.807, 2.05) is 0 Å². The van der Waals surface area contributed by atoms with E-state index in [-0.39, 0.29) is 6.61 Å². The van der Waals surface area contributed by atoms with Gasteiger partial charge in [-0.05, 0) is 40.0 Å². The van der Waals surface area contributed by atoms with Gasteiger partial charge in [0.2, 0.25) is 7.37 Å². The Morgan fingerprint density at radius 1 is 1.00 bits per heavy atom.